The third-order valence-corrected chi connectivity index (χ3v) is 3.00. The van der Waals surface area contributed by atoms with Crippen molar-refractivity contribution in [1.82, 2.24) is 15.1 Å². The first-order valence-corrected chi connectivity index (χ1v) is 6.56. The molecule has 0 spiro atoms. The Hall–Kier alpha value is -1.88. The molecule has 1 aromatic carbocycles. The number of carbonyl (C=O) groups is 1. The van der Waals surface area contributed by atoms with E-state index < -0.39 is 6.10 Å². The van der Waals surface area contributed by atoms with Gasteiger partial charge in [-0.2, -0.15) is 5.10 Å². The Labute approximate surface area is 112 Å². The van der Waals surface area contributed by atoms with Gasteiger partial charge in [0.15, 0.2) is 0 Å². The summed E-state index contributed by atoms with van der Waals surface area (Å²) in [5, 5.41) is 17.5. The summed E-state index contributed by atoms with van der Waals surface area (Å²) in [4.78, 5) is 11.8. The highest BCUT2D eigenvalue weighted by atomic mass is 16.3. The van der Waals surface area contributed by atoms with Crippen molar-refractivity contribution in [2.45, 2.75) is 32.4 Å². The maximum absolute atomic E-state index is 11.8. The van der Waals surface area contributed by atoms with Gasteiger partial charge in [-0.15, -0.1) is 0 Å². The predicted octanol–water partition coefficient (Wildman–Crippen LogP) is 1.31. The van der Waals surface area contributed by atoms with Gasteiger partial charge in [-0.1, -0.05) is 31.5 Å². The molecule has 0 radical (unpaired) electrons. The summed E-state index contributed by atoms with van der Waals surface area (Å²) in [5.74, 6) is -0.135. The fourth-order valence-corrected chi connectivity index (χ4v) is 2.01. The first-order chi connectivity index (χ1) is 9.20. The minimum atomic E-state index is -0.469. The van der Waals surface area contributed by atoms with Crippen molar-refractivity contribution >= 4 is 16.8 Å². The van der Waals surface area contributed by atoms with E-state index in [1.54, 1.807) is 10.9 Å². The number of aliphatic hydroxyl groups excluding tert-OH is 1. The molecule has 0 saturated heterocycles. The highest BCUT2D eigenvalue weighted by molar-refractivity contribution is 5.81. The summed E-state index contributed by atoms with van der Waals surface area (Å²) in [5.41, 5.74) is 0.937. The molecule has 5 heteroatoms. The number of aromatic nitrogens is 2. The van der Waals surface area contributed by atoms with Crippen LogP contribution < -0.4 is 5.32 Å². The quantitative estimate of drug-likeness (QED) is 0.824. The molecule has 1 amide bonds. The number of nitrogens with zero attached hydrogens (tertiary/aromatic N) is 2. The molecular formula is C14H19N3O2. The number of aliphatic hydroxyl groups is 1. The standard InChI is InChI=1S/C14H19N3O2/c1-2-5-12(18)9-15-14(19)10-17-13-7-4-3-6-11(13)8-16-17/h3-4,6-8,12,18H,2,5,9-10H2,1H3,(H,15,19). The van der Waals surface area contributed by atoms with Crippen LogP contribution in [-0.2, 0) is 11.3 Å². The molecule has 0 fully saturated rings. The lowest BCUT2D eigenvalue weighted by molar-refractivity contribution is -0.122. The molecule has 0 saturated carbocycles. The zero-order valence-electron chi connectivity index (χ0n) is 11.0. The number of hydrogen-bond acceptors (Lipinski definition) is 3. The summed E-state index contributed by atoms with van der Waals surface area (Å²) in [6, 6.07) is 7.75. The molecule has 1 atom stereocenters. The molecule has 1 aromatic heterocycles. The zero-order chi connectivity index (χ0) is 13.7. The predicted molar refractivity (Wildman–Crippen MR) is 73.7 cm³/mol. The average Bonchev–Trinajstić information content (AvgIpc) is 2.80. The molecule has 2 rings (SSSR count). The Morgan fingerprint density at radius 2 is 2.26 bits per heavy atom. The van der Waals surface area contributed by atoms with Gasteiger partial charge in [0.25, 0.3) is 0 Å². The molecule has 102 valence electrons. The van der Waals surface area contributed by atoms with Crippen LogP contribution in [0.1, 0.15) is 19.8 Å². The third kappa shape index (κ3) is 3.54. The number of carbonyl (C=O) groups excluding carboxylic acids is 1. The molecule has 5 nitrogen and oxygen atoms in total. The molecule has 19 heavy (non-hydrogen) atoms. The van der Waals surface area contributed by atoms with Gasteiger partial charge >= 0.3 is 0 Å². The molecule has 0 bridgehead atoms. The van der Waals surface area contributed by atoms with E-state index >= 15 is 0 Å². The third-order valence-electron chi connectivity index (χ3n) is 3.00. The second-order valence-corrected chi connectivity index (χ2v) is 4.61. The lowest BCUT2D eigenvalue weighted by Crippen LogP contribution is -2.34. The summed E-state index contributed by atoms with van der Waals surface area (Å²) >= 11 is 0. The summed E-state index contributed by atoms with van der Waals surface area (Å²) in [6.07, 6.45) is 2.88. The molecule has 0 aliphatic heterocycles. The fraction of sp³-hybridized carbons (Fsp3) is 0.429. The van der Waals surface area contributed by atoms with Crippen LogP contribution in [0.3, 0.4) is 0 Å². The van der Waals surface area contributed by atoms with Crippen LogP contribution in [0.25, 0.3) is 10.9 Å². The molecular weight excluding hydrogens is 242 g/mol. The first kappa shape index (κ1) is 13.5. The maximum atomic E-state index is 11.8. The van der Waals surface area contributed by atoms with Crippen LogP contribution in [0.2, 0.25) is 0 Å². The average molecular weight is 261 g/mol. The van der Waals surface area contributed by atoms with Gasteiger partial charge in [0.2, 0.25) is 5.91 Å². The summed E-state index contributed by atoms with van der Waals surface area (Å²) in [7, 11) is 0. The van der Waals surface area contributed by atoms with E-state index in [1.165, 1.54) is 0 Å². The molecule has 0 aliphatic rings. The molecule has 2 N–H and O–H groups in total. The highest BCUT2D eigenvalue weighted by Crippen LogP contribution is 2.12. The Balaban J connectivity index is 1.92. The number of rotatable bonds is 6. The van der Waals surface area contributed by atoms with Gasteiger partial charge in [0.1, 0.15) is 6.54 Å². The SMILES string of the molecule is CCCC(O)CNC(=O)Cn1ncc2ccccc21. The van der Waals surface area contributed by atoms with Gasteiger partial charge in [-0.3, -0.25) is 9.48 Å². The van der Waals surface area contributed by atoms with Crippen LogP contribution in [0.4, 0.5) is 0 Å². The number of fused-ring (bicyclic) bond motifs is 1. The van der Waals surface area contributed by atoms with Crippen LogP contribution >= 0.6 is 0 Å². The normalized spacial score (nSPS) is 12.5. The smallest absolute Gasteiger partial charge is 0.241 e. The number of benzene rings is 1. The number of hydrogen-bond donors (Lipinski definition) is 2. The Morgan fingerprint density at radius 3 is 3.05 bits per heavy atom. The molecule has 0 aliphatic carbocycles. The highest BCUT2D eigenvalue weighted by Gasteiger charge is 2.09. The fourth-order valence-electron chi connectivity index (χ4n) is 2.01. The second kappa shape index (κ2) is 6.33. The summed E-state index contributed by atoms with van der Waals surface area (Å²) in [6.45, 7) is 2.47. The number of amides is 1. The van der Waals surface area contributed by atoms with Crippen molar-refractivity contribution in [3.05, 3.63) is 30.5 Å². The van der Waals surface area contributed by atoms with Crippen LogP contribution in [0.15, 0.2) is 30.5 Å². The molecule has 1 heterocycles. The number of para-hydroxylation sites is 1. The van der Waals surface area contributed by atoms with Gasteiger partial charge < -0.3 is 10.4 Å². The van der Waals surface area contributed by atoms with Gasteiger partial charge in [0, 0.05) is 11.9 Å². The first-order valence-electron chi connectivity index (χ1n) is 6.56. The minimum Gasteiger partial charge on any atom is -0.391 e. The lowest BCUT2D eigenvalue weighted by atomic mass is 10.2. The zero-order valence-corrected chi connectivity index (χ0v) is 11.0. The topological polar surface area (TPSA) is 67.2 Å². The van der Waals surface area contributed by atoms with Crippen molar-refractivity contribution in [2.75, 3.05) is 6.54 Å². The van der Waals surface area contributed by atoms with Gasteiger partial charge in [0.05, 0.1) is 17.8 Å². The van der Waals surface area contributed by atoms with Crippen LogP contribution in [0.5, 0.6) is 0 Å². The van der Waals surface area contributed by atoms with E-state index in [0.717, 1.165) is 17.3 Å². The van der Waals surface area contributed by atoms with Crippen molar-refractivity contribution in [2.24, 2.45) is 0 Å². The molecule has 1 unspecified atom stereocenters. The number of nitrogens with one attached hydrogen (secondary N) is 1. The largest absolute Gasteiger partial charge is 0.391 e. The minimum absolute atomic E-state index is 0.135. The maximum Gasteiger partial charge on any atom is 0.241 e. The van der Waals surface area contributed by atoms with Gasteiger partial charge in [-0.05, 0) is 12.5 Å². The van der Waals surface area contributed by atoms with Crippen molar-refractivity contribution in [3.63, 3.8) is 0 Å². The Kier molecular flexibility index (Phi) is 4.52. The van der Waals surface area contributed by atoms with E-state index in [-0.39, 0.29) is 12.5 Å². The van der Waals surface area contributed by atoms with E-state index in [2.05, 4.69) is 10.4 Å². The molecule has 2 aromatic rings. The van der Waals surface area contributed by atoms with Crippen LogP contribution in [-0.4, -0.2) is 33.4 Å². The van der Waals surface area contributed by atoms with Crippen molar-refractivity contribution < 1.29 is 9.90 Å². The van der Waals surface area contributed by atoms with E-state index in [4.69, 9.17) is 0 Å². The lowest BCUT2D eigenvalue weighted by Gasteiger charge is -2.11. The van der Waals surface area contributed by atoms with Crippen molar-refractivity contribution in [3.8, 4) is 0 Å². The Morgan fingerprint density at radius 1 is 1.47 bits per heavy atom. The van der Waals surface area contributed by atoms with E-state index in [0.29, 0.717) is 13.0 Å². The van der Waals surface area contributed by atoms with Crippen molar-refractivity contribution in [1.29, 1.82) is 0 Å². The van der Waals surface area contributed by atoms with Crippen LogP contribution in [0, 0.1) is 0 Å². The summed E-state index contributed by atoms with van der Waals surface area (Å²) < 4.78 is 1.66. The second-order valence-electron chi connectivity index (χ2n) is 4.61. The Bertz CT molecular complexity index is 550. The monoisotopic (exact) mass is 261 g/mol. The van der Waals surface area contributed by atoms with E-state index in [1.807, 2.05) is 31.2 Å². The van der Waals surface area contributed by atoms with E-state index in [9.17, 15) is 9.90 Å². The van der Waals surface area contributed by atoms with Gasteiger partial charge in [-0.25, -0.2) is 0 Å².